The van der Waals surface area contributed by atoms with Crippen LogP contribution in [0.3, 0.4) is 0 Å². The molecule has 1 aromatic carbocycles. The van der Waals surface area contributed by atoms with Crippen LogP contribution < -0.4 is 17.2 Å². The lowest BCUT2D eigenvalue weighted by Crippen LogP contribution is -2.27. The SMILES string of the molecule is Cc1cccc(CC2CCCC2N=C(N)N=C(N)N)c1.Cl. The molecule has 5 nitrogen and oxygen atoms in total. The van der Waals surface area contributed by atoms with Crippen molar-refractivity contribution in [3.05, 3.63) is 35.4 Å². The summed E-state index contributed by atoms with van der Waals surface area (Å²) in [5, 5.41) is 0. The van der Waals surface area contributed by atoms with Crippen LogP contribution in [0.4, 0.5) is 0 Å². The first-order valence-corrected chi connectivity index (χ1v) is 7.03. The van der Waals surface area contributed by atoms with Crippen molar-refractivity contribution in [1.82, 2.24) is 0 Å². The Kier molecular flexibility index (Phi) is 6.49. The third-order valence-corrected chi connectivity index (χ3v) is 3.74. The van der Waals surface area contributed by atoms with Crippen molar-refractivity contribution in [2.24, 2.45) is 33.1 Å². The average molecular weight is 310 g/mol. The van der Waals surface area contributed by atoms with Crippen LogP contribution in [-0.2, 0) is 6.42 Å². The lowest BCUT2D eigenvalue weighted by molar-refractivity contribution is 0.480. The summed E-state index contributed by atoms with van der Waals surface area (Å²) in [5.41, 5.74) is 19.0. The molecule has 0 aliphatic heterocycles. The van der Waals surface area contributed by atoms with Gasteiger partial charge in [-0.3, -0.25) is 0 Å². The van der Waals surface area contributed by atoms with Gasteiger partial charge in [-0.2, -0.15) is 4.99 Å². The molecule has 2 unspecified atom stereocenters. The summed E-state index contributed by atoms with van der Waals surface area (Å²) in [7, 11) is 0. The van der Waals surface area contributed by atoms with Crippen molar-refractivity contribution in [2.45, 2.75) is 38.6 Å². The van der Waals surface area contributed by atoms with E-state index in [-0.39, 0.29) is 30.4 Å². The van der Waals surface area contributed by atoms with E-state index in [4.69, 9.17) is 17.2 Å². The maximum atomic E-state index is 5.74. The van der Waals surface area contributed by atoms with Crippen LogP contribution in [0.15, 0.2) is 34.3 Å². The Bertz CT molecular complexity index is 523. The highest BCUT2D eigenvalue weighted by atomic mass is 35.5. The zero-order chi connectivity index (χ0) is 14.5. The van der Waals surface area contributed by atoms with Gasteiger partial charge in [0.15, 0.2) is 5.96 Å². The highest BCUT2D eigenvalue weighted by molar-refractivity contribution is 5.92. The van der Waals surface area contributed by atoms with E-state index >= 15 is 0 Å². The van der Waals surface area contributed by atoms with Crippen LogP contribution in [0.1, 0.15) is 30.4 Å². The molecule has 6 N–H and O–H groups in total. The zero-order valence-corrected chi connectivity index (χ0v) is 13.1. The number of benzene rings is 1. The van der Waals surface area contributed by atoms with Crippen LogP contribution >= 0.6 is 12.4 Å². The van der Waals surface area contributed by atoms with Crippen LogP contribution in [0.5, 0.6) is 0 Å². The van der Waals surface area contributed by atoms with Gasteiger partial charge in [-0.05, 0) is 37.7 Å². The molecule has 0 spiro atoms. The second-order valence-electron chi connectivity index (χ2n) is 5.48. The van der Waals surface area contributed by atoms with E-state index in [2.05, 4.69) is 41.2 Å². The van der Waals surface area contributed by atoms with Gasteiger partial charge in [-0.1, -0.05) is 36.2 Å². The van der Waals surface area contributed by atoms with Gasteiger partial charge in [-0.25, -0.2) is 4.99 Å². The predicted molar refractivity (Wildman–Crippen MR) is 90.7 cm³/mol. The molecule has 21 heavy (non-hydrogen) atoms. The fourth-order valence-corrected chi connectivity index (χ4v) is 2.90. The molecule has 1 aliphatic rings. The molecule has 116 valence electrons. The Morgan fingerprint density at radius 1 is 1.24 bits per heavy atom. The molecule has 2 atom stereocenters. The van der Waals surface area contributed by atoms with E-state index in [1.54, 1.807) is 0 Å². The Morgan fingerprint density at radius 2 is 2.00 bits per heavy atom. The molecule has 2 rings (SSSR count). The van der Waals surface area contributed by atoms with Crippen molar-refractivity contribution in [3.63, 3.8) is 0 Å². The summed E-state index contributed by atoms with van der Waals surface area (Å²) in [4.78, 5) is 8.26. The Labute approximate surface area is 132 Å². The van der Waals surface area contributed by atoms with Crippen LogP contribution in [-0.4, -0.2) is 18.0 Å². The number of hydrogen-bond donors (Lipinski definition) is 3. The third-order valence-electron chi connectivity index (χ3n) is 3.74. The molecule has 0 radical (unpaired) electrons. The Morgan fingerprint density at radius 3 is 2.67 bits per heavy atom. The van der Waals surface area contributed by atoms with Gasteiger partial charge < -0.3 is 17.2 Å². The predicted octanol–water partition coefficient (Wildman–Crippen LogP) is 1.72. The Hall–Kier alpha value is -1.75. The molecule has 0 amide bonds. The molecule has 1 aromatic rings. The molecule has 0 saturated heterocycles. The van der Waals surface area contributed by atoms with Crippen molar-refractivity contribution >= 4 is 24.3 Å². The monoisotopic (exact) mass is 309 g/mol. The first-order valence-electron chi connectivity index (χ1n) is 7.03. The highest BCUT2D eigenvalue weighted by Crippen LogP contribution is 2.31. The van der Waals surface area contributed by atoms with Gasteiger partial charge in [0, 0.05) is 0 Å². The van der Waals surface area contributed by atoms with Crippen LogP contribution in [0.25, 0.3) is 0 Å². The molecule has 1 aliphatic carbocycles. The Balaban J connectivity index is 0.00000220. The van der Waals surface area contributed by atoms with Gasteiger partial charge in [0.2, 0.25) is 5.96 Å². The topological polar surface area (TPSA) is 103 Å². The van der Waals surface area contributed by atoms with Gasteiger partial charge in [0.25, 0.3) is 0 Å². The minimum absolute atomic E-state index is 0. The van der Waals surface area contributed by atoms with Crippen molar-refractivity contribution < 1.29 is 0 Å². The van der Waals surface area contributed by atoms with Crippen LogP contribution in [0, 0.1) is 12.8 Å². The fraction of sp³-hybridized carbons (Fsp3) is 0.467. The number of nitrogens with zero attached hydrogens (tertiary/aromatic N) is 2. The summed E-state index contributed by atoms with van der Waals surface area (Å²) >= 11 is 0. The molecular weight excluding hydrogens is 286 g/mol. The van der Waals surface area contributed by atoms with Crippen molar-refractivity contribution in [3.8, 4) is 0 Å². The normalized spacial score (nSPS) is 21.7. The molecule has 1 saturated carbocycles. The number of hydrogen-bond acceptors (Lipinski definition) is 1. The van der Waals surface area contributed by atoms with Gasteiger partial charge >= 0.3 is 0 Å². The van der Waals surface area contributed by atoms with E-state index in [9.17, 15) is 0 Å². The number of rotatable bonds is 3. The van der Waals surface area contributed by atoms with E-state index in [1.165, 1.54) is 24.0 Å². The summed E-state index contributed by atoms with van der Waals surface area (Å²) in [6.07, 6.45) is 4.44. The lowest BCUT2D eigenvalue weighted by atomic mass is 9.94. The molecule has 0 heterocycles. The largest absolute Gasteiger partial charge is 0.370 e. The molecule has 6 heteroatoms. The van der Waals surface area contributed by atoms with Gasteiger partial charge in [0.1, 0.15) is 0 Å². The number of halogens is 1. The number of aliphatic imine (C=N–C) groups is 2. The quantitative estimate of drug-likeness (QED) is 0.585. The smallest absolute Gasteiger partial charge is 0.218 e. The van der Waals surface area contributed by atoms with Gasteiger partial charge in [0.05, 0.1) is 6.04 Å². The first-order chi connectivity index (χ1) is 9.54. The number of guanidine groups is 2. The summed E-state index contributed by atoms with van der Waals surface area (Å²) in [6, 6.07) is 8.85. The summed E-state index contributed by atoms with van der Waals surface area (Å²) < 4.78 is 0. The summed E-state index contributed by atoms with van der Waals surface area (Å²) in [5.74, 6) is 0.662. The van der Waals surface area contributed by atoms with Crippen molar-refractivity contribution in [1.29, 1.82) is 0 Å². The third kappa shape index (κ3) is 5.27. The zero-order valence-electron chi connectivity index (χ0n) is 12.3. The summed E-state index contributed by atoms with van der Waals surface area (Å²) in [6.45, 7) is 2.12. The van der Waals surface area contributed by atoms with E-state index < -0.39 is 0 Å². The standard InChI is InChI=1S/C15H23N5.ClH/c1-10-4-2-5-11(8-10)9-12-6-3-7-13(12)19-15(18)20-14(16)17;/h2,4-5,8,12-13H,3,6-7,9H2,1H3,(H6,16,17,18,19,20);1H. The van der Waals surface area contributed by atoms with Crippen molar-refractivity contribution in [2.75, 3.05) is 0 Å². The lowest BCUT2D eigenvalue weighted by Gasteiger charge is -2.16. The minimum Gasteiger partial charge on any atom is -0.370 e. The maximum Gasteiger partial charge on any atom is 0.218 e. The maximum absolute atomic E-state index is 5.74. The average Bonchev–Trinajstić information content (AvgIpc) is 2.75. The minimum atomic E-state index is -0.0421. The second kappa shape index (κ2) is 7.88. The number of aryl methyl sites for hydroxylation is 1. The molecule has 0 aromatic heterocycles. The molecular formula is C15H24ClN5. The molecule has 1 fully saturated rings. The van der Waals surface area contributed by atoms with E-state index in [1.807, 2.05) is 0 Å². The van der Waals surface area contributed by atoms with E-state index in [0.29, 0.717) is 5.92 Å². The second-order valence-corrected chi connectivity index (χ2v) is 5.48. The highest BCUT2D eigenvalue weighted by Gasteiger charge is 2.27. The van der Waals surface area contributed by atoms with Gasteiger partial charge in [-0.15, -0.1) is 12.4 Å². The molecule has 0 bridgehead atoms. The fourth-order valence-electron chi connectivity index (χ4n) is 2.90. The first kappa shape index (κ1) is 17.3. The van der Waals surface area contributed by atoms with Crippen LogP contribution in [0.2, 0.25) is 0 Å². The van der Waals surface area contributed by atoms with E-state index in [0.717, 1.165) is 12.8 Å². The number of nitrogens with two attached hydrogens (primary N) is 3.